The highest BCUT2D eigenvalue weighted by molar-refractivity contribution is 7.22. The number of hydrogen-bond acceptors (Lipinski definition) is 4. The van der Waals surface area contributed by atoms with Gasteiger partial charge in [0, 0.05) is 12.7 Å². The zero-order valence-corrected chi connectivity index (χ0v) is 17.0. The van der Waals surface area contributed by atoms with E-state index in [1.807, 2.05) is 43.5 Å². The first-order chi connectivity index (χ1) is 13.5. The summed E-state index contributed by atoms with van der Waals surface area (Å²) in [6, 6.07) is 16.0. The lowest BCUT2D eigenvalue weighted by Gasteiger charge is -2.19. The molecule has 1 amide bonds. The minimum absolute atomic E-state index is 0.136. The Hall–Kier alpha value is -2.99. The van der Waals surface area contributed by atoms with E-state index >= 15 is 0 Å². The Morgan fingerprint density at radius 2 is 1.86 bits per heavy atom. The summed E-state index contributed by atoms with van der Waals surface area (Å²) in [6.45, 7) is 7.36. The van der Waals surface area contributed by atoms with E-state index in [1.165, 1.54) is 11.1 Å². The first-order valence-electron chi connectivity index (χ1n) is 9.32. The van der Waals surface area contributed by atoms with Crippen LogP contribution >= 0.6 is 11.3 Å². The van der Waals surface area contributed by atoms with Gasteiger partial charge in [0.05, 0.1) is 16.8 Å². The van der Waals surface area contributed by atoms with Crippen molar-refractivity contribution in [2.24, 2.45) is 0 Å². The molecule has 142 valence electrons. The van der Waals surface area contributed by atoms with Gasteiger partial charge in [-0.1, -0.05) is 41.7 Å². The van der Waals surface area contributed by atoms with E-state index in [2.05, 4.69) is 31.1 Å². The number of anilines is 1. The van der Waals surface area contributed by atoms with Crippen molar-refractivity contribution in [1.29, 1.82) is 0 Å². The largest absolute Gasteiger partial charge is 0.280 e. The second-order valence-corrected chi connectivity index (χ2v) is 7.84. The molecule has 0 aliphatic carbocycles. The van der Waals surface area contributed by atoms with Gasteiger partial charge in [-0.2, -0.15) is 5.10 Å². The maximum atomic E-state index is 13.3. The summed E-state index contributed by atoms with van der Waals surface area (Å²) < 4.78 is 2.85. The molecule has 2 aromatic carbocycles. The SMILES string of the molecule is CCn1ccc(C(=O)N(Cc2ccccc2)c2nc3cc(C)c(C)cc3s2)n1. The Balaban J connectivity index is 1.76. The topological polar surface area (TPSA) is 51.0 Å². The van der Waals surface area contributed by atoms with Gasteiger partial charge in [-0.05, 0) is 55.7 Å². The fraction of sp³-hybridized carbons (Fsp3) is 0.227. The number of nitrogens with zero attached hydrogens (tertiary/aromatic N) is 4. The second-order valence-electron chi connectivity index (χ2n) is 6.83. The Bertz CT molecular complexity index is 1090. The molecule has 5 nitrogen and oxygen atoms in total. The van der Waals surface area contributed by atoms with Crippen LogP contribution in [0.3, 0.4) is 0 Å². The number of fused-ring (bicyclic) bond motifs is 1. The van der Waals surface area contributed by atoms with Crippen LogP contribution in [-0.4, -0.2) is 20.7 Å². The average Bonchev–Trinajstić information content (AvgIpc) is 3.33. The van der Waals surface area contributed by atoms with Crippen molar-refractivity contribution in [2.45, 2.75) is 33.9 Å². The molecule has 0 spiro atoms. The molecule has 0 fully saturated rings. The lowest BCUT2D eigenvalue weighted by Crippen LogP contribution is -2.30. The van der Waals surface area contributed by atoms with Crippen LogP contribution in [0.1, 0.15) is 34.1 Å². The lowest BCUT2D eigenvalue weighted by molar-refractivity contribution is 0.0979. The summed E-state index contributed by atoms with van der Waals surface area (Å²) in [6.07, 6.45) is 1.83. The molecule has 0 saturated carbocycles. The maximum Gasteiger partial charge on any atom is 0.280 e. The lowest BCUT2D eigenvalue weighted by atomic mass is 10.1. The van der Waals surface area contributed by atoms with Crippen molar-refractivity contribution in [3.05, 3.63) is 77.1 Å². The minimum Gasteiger partial charge on any atom is -0.278 e. The highest BCUT2D eigenvalue weighted by Gasteiger charge is 2.23. The molecule has 0 aliphatic rings. The van der Waals surface area contributed by atoms with Crippen molar-refractivity contribution in [2.75, 3.05) is 4.90 Å². The Morgan fingerprint density at radius 1 is 1.11 bits per heavy atom. The van der Waals surface area contributed by atoms with Gasteiger partial charge in [-0.3, -0.25) is 14.4 Å². The number of aryl methyl sites for hydroxylation is 3. The molecular weight excluding hydrogens is 368 g/mol. The van der Waals surface area contributed by atoms with Crippen molar-refractivity contribution < 1.29 is 4.79 Å². The zero-order chi connectivity index (χ0) is 19.7. The summed E-state index contributed by atoms with van der Waals surface area (Å²) in [5.41, 5.74) is 4.84. The monoisotopic (exact) mass is 390 g/mol. The Labute approximate surface area is 168 Å². The van der Waals surface area contributed by atoms with Crippen molar-refractivity contribution >= 4 is 32.6 Å². The van der Waals surface area contributed by atoms with Gasteiger partial charge in [-0.25, -0.2) is 4.98 Å². The summed E-state index contributed by atoms with van der Waals surface area (Å²) in [4.78, 5) is 19.8. The summed E-state index contributed by atoms with van der Waals surface area (Å²) in [7, 11) is 0. The summed E-state index contributed by atoms with van der Waals surface area (Å²) >= 11 is 1.54. The van der Waals surface area contributed by atoms with Crippen molar-refractivity contribution in [3.63, 3.8) is 0 Å². The van der Waals surface area contributed by atoms with Gasteiger partial charge in [0.15, 0.2) is 10.8 Å². The molecule has 0 N–H and O–H groups in total. The van der Waals surface area contributed by atoms with Gasteiger partial charge in [0.25, 0.3) is 5.91 Å². The van der Waals surface area contributed by atoms with E-state index in [-0.39, 0.29) is 5.91 Å². The van der Waals surface area contributed by atoms with Gasteiger partial charge in [0.2, 0.25) is 0 Å². The van der Waals surface area contributed by atoms with Crippen LogP contribution in [0.2, 0.25) is 0 Å². The first-order valence-corrected chi connectivity index (χ1v) is 10.1. The predicted octanol–water partition coefficient (Wildman–Crippen LogP) is 4.98. The Morgan fingerprint density at radius 3 is 2.57 bits per heavy atom. The number of amides is 1. The Kier molecular flexibility index (Phi) is 4.96. The molecule has 0 aliphatic heterocycles. The van der Waals surface area contributed by atoms with Crippen molar-refractivity contribution in [1.82, 2.24) is 14.8 Å². The number of hydrogen-bond donors (Lipinski definition) is 0. The molecule has 0 atom stereocenters. The van der Waals surface area contributed by atoms with E-state index in [9.17, 15) is 4.79 Å². The third-order valence-electron chi connectivity index (χ3n) is 4.84. The molecule has 0 unspecified atom stereocenters. The molecule has 4 aromatic rings. The average molecular weight is 391 g/mol. The number of thiazole rings is 1. The third-order valence-corrected chi connectivity index (χ3v) is 5.88. The van der Waals surface area contributed by atoms with Gasteiger partial charge in [-0.15, -0.1) is 0 Å². The molecule has 6 heteroatoms. The molecule has 2 aromatic heterocycles. The number of carbonyl (C=O) groups excluding carboxylic acids is 1. The molecule has 0 radical (unpaired) electrons. The number of benzene rings is 2. The molecule has 4 rings (SSSR count). The van der Waals surface area contributed by atoms with E-state index in [4.69, 9.17) is 4.98 Å². The van der Waals surface area contributed by atoms with Gasteiger partial charge >= 0.3 is 0 Å². The standard InChI is InChI=1S/C22H22N4OS/c1-4-25-11-10-18(24-25)21(27)26(14-17-8-6-5-7-9-17)22-23-19-12-15(2)16(3)13-20(19)28-22/h5-13H,4,14H2,1-3H3. The van der Waals surface area contributed by atoms with Crippen molar-refractivity contribution in [3.8, 4) is 0 Å². The second kappa shape index (κ2) is 7.56. The van der Waals surface area contributed by atoms with Crippen LogP contribution in [0.5, 0.6) is 0 Å². The molecule has 0 bridgehead atoms. The maximum absolute atomic E-state index is 13.3. The predicted molar refractivity (Wildman–Crippen MR) is 114 cm³/mol. The van der Waals surface area contributed by atoms with E-state index in [1.54, 1.807) is 27.0 Å². The summed E-state index contributed by atoms with van der Waals surface area (Å²) in [5, 5.41) is 5.10. The van der Waals surface area contributed by atoms with Crippen LogP contribution in [0.25, 0.3) is 10.2 Å². The van der Waals surface area contributed by atoms with Crippen LogP contribution < -0.4 is 4.90 Å². The quantitative estimate of drug-likeness (QED) is 0.483. The summed E-state index contributed by atoms with van der Waals surface area (Å²) in [5.74, 6) is -0.136. The smallest absolute Gasteiger partial charge is 0.278 e. The van der Waals surface area contributed by atoms with Crippen LogP contribution in [-0.2, 0) is 13.1 Å². The highest BCUT2D eigenvalue weighted by Crippen LogP contribution is 2.32. The normalized spacial score (nSPS) is 11.1. The van der Waals surface area contributed by atoms with Crippen LogP contribution in [0, 0.1) is 13.8 Å². The molecular formula is C22H22N4OS. The zero-order valence-electron chi connectivity index (χ0n) is 16.2. The molecule has 2 heterocycles. The highest BCUT2D eigenvalue weighted by atomic mass is 32.1. The minimum atomic E-state index is -0.136. The van der Waals surface area contributed by atoms with E-state index in [0.717, 1.165) is 22.3 Å². The fourth-order valence-corrected chi connectivity index (χ4v) is 4.11. The number of rotatable bonds is 5. The third kappa shape index (κ3) is 3.55. The van der Waals surface area contributed by atoms with Crippen LogP contribution in [0.15, 0.2) is 54.7 Å². The molecule has 0 saturated heterocycles. The molecule has 28 heavy (non-hydrogen) atoms. The van der Waals surface area contributed by atoms with Crippen LogP contribution in [0.4, 0.5) is 5.13 Å². The number of carbonyl (C=O) groups is 1. The van der Waals surface area contributed by atoms with Gasteiger partial charge in [0.1, 0.15) is 0 Å². The first kappa shape index (κ1) is 18.4. The van der Waals surface area contributed by atoms with E-state index in [0.29, 0.717) is 17.4 Å². The van der Waals surface area contributed by atoms with E-state index < -0.39 is 0 Å². The number of aromatic nitrogens is 3. The fourth-order valence-electron chi connectivity index (χ4n) is 3.07. The van der Waals surface area contributed by atoms with Gasteiger partial charge < -0.3 is 0 Å².